The van der Waals surface area contributed by atoms with E-state index in [1.165, 1.54) is 13.8 Å². The first-order valence-corrected chi connectivity index (χ1v) is 8.87. The third-order valence-electron chi connectivity index (χ3n) is 6.32. The van der Waals surface area contributed by atoms with Crippen LogP contribution in [-0.2, 0) is 28.6 Å². The quantitative estimate of drug-likeness (QED) is 0.432. The van der Waals surface area contributed by atoms with Crippen LogP contribution in [-0.4, -0.2) is 36.2 Å². The molecule has 1 saturated heterocycles. The summed E-state index contributed by atoms with van der Waals surface area (Å²) in [5.74, 6) is -1.30. The minimum absolute atomic E-state index is 0.00523. The van der Waals surface area contributed by atoms with E-state index in [1.807, 2.05) is 26.8 Å². The zero-order chi connectivity index (χ0) is 18.5. The monoisotopic (exact) mass is 350 g/mol. The first-order chi connectivity index (χ1) is 11.7. The molecule has 3 rings (SSSR count). The van der Waals surface area contributed by atoms with Gasteiger partial charge in [-0.2, -0.15) is 0 Å². The molecule has 0 radical (unpaired) electrons. The SMILES string of the molecule is CC(=O)OC1CC=C(C)C2C3OC(=O)C(C)C3CC(OC(C)=O)C12C. The highest BCUT2D eigenvalue weighted by Gasteiger charge is 2.64. The fraction of sp³-hybridized carbons (Fsp3) is 0.737. The predicted molar refractivity (Wildman–Crippen MR) is 88.2 cm³/mol. The molecule has 25 heavy (non-hydrogen) atoms. The Labute approximate surface area is 147 Å². The van der Waals surface area contributed by atoms with Crippen LogP contribution in [0.25, 0.3) is 0 Å². The second-order valence-corrected chi connectivity index (χ2v) is 7.81. The van der Waals surface area contributed by atoms with Crippen LogP contribution in [0, 0.1) is 23.2 Å². The van der Waals surface area contributed by atoms with Crippen molar-refractivity contribution < 1.29 is 28.6 Å². The molecule has 1 aliphatic heterocycles. The van der Waals surface area contributed by atoms with Crippen molar-refractivity contribution in [2.24, 2.45) is 23.2 Å². The van der Waals surface area contributed by atoms with Crippen LogP contribution < -0.4 is 0 Å². The topological polar surface area (TPSA) is 78.9 Å². The summed E-state index contributed by atoms with van der Waals surface area (Å²) in [6, 6.07) is 0. The average molecular weight is 350 g/mol. The van der Waals surface area contributed by atoms with Crippen LogP contribution in [0.2, 0.25) is 0 Å². The minimum atomic E-state index is -0.623. The summed E-state index contributed by atoms with van der Waals surface area (Å²) >= 11 is 0. The summed E-state index contributed by atoms with van der Waals surface area (Å²) in [4.78, 5) is 35.5. The lowest BCUT2D eigenvalue weighted by Crippen LogP contribution is -2.61. The highest BCUT2D eigenvalue weighted by molar-refractivity contribution is 5.75. The third kappa shape index (κ3) is 2.75. The fourth-order valence-electron chi connectivity index (χ4n) is 5.08. The molecule has 138 valence electrons. The maximum atomic E-state index is 12.2. The molecule has 0 amide bonds. The van der Waals surface area contributed by atoms with Crippen molar-refractivity contribution in [3.8, 4) is 0 Å². The molecule has 1 saturated carbocycles. The van der Waals surface area contributed by atoms with Crippen LogP contribution in [0.15, 0.2) is 11.6 Å². The van der Waals surface area contributed by atoms with Crippen molar-refractivity contribution in [3.05, 3.63) is 11.6 Å². The van der Waals surface area contributed by atoms with E-state index in [9.17, 15) is 14.4 Å². The third-order valence-corrected chi connectivity index (χ3v) is 6.32. The average Bonchev–Trinajstić information content (AvgIpc) is 2.77. The standard InChI is InChI=1S/C19H26O6/c1-9-6-7-14(23-11(3)20)19(5)15(24-12(4)21)8-13-10(2)18(22)25-17(13)16(9)19/h6,10,13-17H,7-8H2,1-5H3. The van der Waals surface area contributed by atoms with Crippen LogP contribution in [0.3, 0.4) is 0 Å². The van der Waals surface area contributed by atoms with Gasteiger partial charge in [-0.15, -0.1) is 0 Å². The summed E-state index contributed by atoms with van der Waals surface area (Å²) in [7, 11) is 0. The van der Waals surface area contributed by atoms with E-state index in [1.54, 1.807) is 0 Å². The van der Waals surface area contributed by atoms with Crippen LogP contribution in [0.1, 0.15) is 47.5 Å². The van der Waals surface area contributed by atoms with Crippen LogP contribution in [0.5, 0.6) is 0 Å². The van der Waals surface area contributed by atoms with Crippen LogP contribution >= 0.6 is 0 Å². The molecule has 1 heterocycles. The highest BCUT2D eigenvalue weighted by atomic mass is 16.6. The zero-order valence-electron chi connectivity index (χ0n) is 15.4. The van der Waals surface area contributed by atoms with Gasteiger partial charge in [0.2, 0.25) is 0 Å². The molecule has 6 heteroatoms. The van der Waals surface area contributed by atoms with Gasteiger partial charge in [0.25, 0.3) is 0 Å². The lowest BCUT2D eigenvalue weighted by Gasteiger charge is -2.55. The maximum Gasteiger partial charge on any atom is 0.309 e. The van der Waals surface area contributed by atoms with E-state index < -0.39 is 17.6 Å². The molecule has 2 aliphatic carbocycles. The zero-order valence-corrected chi connectivity index (χ0v) is 15.4. The number of carbonyl (C=O) groups excluding carboxylic acids is 3. The van der Waals surface area contributed by atoms with Gasteiger partial charge in [-0.05, 0) is 13.3 Å². The maximum absolute atomic E-state index is 12.2. The molecule has 3 aliphatic rings. The largest absolute Gasteiger partial charge is 0.462 e. The molecular formula is C19H26O6. The van der Waals surface area contributed by atoms with Gasteiger partial charge in [0.05, 0.1) is 11.3 Å². The molecule has 0 bridgehead atoms. The summed E-state index contributed by atoms with van der Waals surface area (Å²) in [6.45, 7) is 8.63. The molecule has 0 aromatic heterocycles. The number of rotatable bonds is 2. The lowest BCUT2D eigenvalue weighted by atomic mass is 9.53. The van der Waals surface area contributed by atoms with Gasteiger partial charge >= 0.3 is 17.9 Å². The molecule has 7 atom stereocenters. The second kappa shape index (κ2) is 6.15. The van der Waals surface area contributed by atoms with E-state index in [4.69, 9.17) is 14.2 Å². The molecule has 7 unspecified atom stereocenters. The normalized spacial score (nSPS) is 42.6. The van der Waals surface area contributed by atoms with E-state index in [0.29, 0.717) is 12.8 Å². The number of carbonyl (C=O) groups is 3. The Balaban J connectivity index is 2.07. The number of hydrogen-bond donors (Lipinski definition) is 0. The first-order valence-electron chi connectivity index (χ1n) is 8.87. The minimum Gasteiger partial charge on any atom is -0.462 e. The Morgan fingerprint density at radius 1 is 1.20 bits per heavy atom. The van der Waals surface area contributed by atoms with Gasteiger partial charge in [0.1, 0.15) is 18.3 Å². The van der Waals surface area contributed by atoms with Crippen molar-refractivity contribution in [2.75, 3.05) is 0 Å². The first kappa shape index (κ1) is 18.0. The molecule has 0 spiro atoms. The molecule has 2 fully saturated rings. The Hall–Kier alpha value is -1.85. The van der Waals surface area contributed by atoms with E-state index in [-0.39, 0.29) is 41.8 Å². The molecular weight excluding hydrogens is 324 g/mol. The van der Waals surface area contributed by atoms with Gasteiger partial charge in [-0.25, -0.2) is 0 Å². The Kier molecular flexibility index (Phi) is 4.41. The van der Waals surface area contributed by atoms with E-state index in [0.717, 1.165) is 5.57 Å². The van der Waals surface area contributed by atoms with Gasteiger partial charge in [-0.1, -0.05) is 25.5 Å². The Bertz CT molecular complexity index is 638. The number of esters is 3. The van der Waals surface area contributed by atoms with E-state index >= 15 is 0 Å². The van der Waals surface area contributed by atoms with Crippen molar-refractivity contribution >= 4 is 17.9 Å². The molecule has 0 aromatic carbocycles. The van der Waals surface area contributed by atoms with Crippen molar-refractivity contribution in [3.63, 3.8) is 0 Å². The Morgan fingerprint density at radius 3 is 2.40 bits per heavy atom. The van der Waals surface area contributed by atoms with Gasteiger partial charge < -0.3 is 14.2 Å². The molecule has 0 aromatic rings. The van der Waals surface area contributed by atoms with E-state index in [2.05, 4.69) is 0 Å². The second-order valence-electron chi connectivity index (χ2n) is 7.81. The molecule has 6 nitrogen and oxygen atoms in total. The summed E-state index contributed by atoms with van der Waals surface area (Å²) in [5.41, 5.74) is 0.474. The smallest absolute Gasteiger partial charge is 0.309 e. The van der Waals surface area contributed by atoms with Crippen molar-refractivity contribution in [1.82, 2.24) is 0 Å². The van der Waals surface area contributed by atoms with Gasteiger partial charge in [0.15, 0.2) is 0 Å². The summed E-state index contributed by atoms with van der Waals surface area (Å²) < 4.78 is 17.0. The number of ether oxygens (including phenoxy) is 3. The Morgan fingerprint density at radius 2 is 1.80 bits per heavy atom. The summed E-state index contributed by atoms with van der Waals surface area (Å²) in [5, 5.41) is 0. The van der Waals surface area contributed by atoms with Gasteiger partial charge in [-0.3, -0.25) is 14.4 Å². The van der Waals surface area contributed by atoms with Crippen LogP contribution in [0.4, 0.5) is 0 Å². The summed E-state index contributed by atoms with van der Waals surface area (Å²) in [6.07, 6.45) is 2.03. The number of hydrogen-bond acceptors (Lipinski definition) is 6. The molecule has 0 N–H and O–H groups in total. The lowest BCUT2D eigenvalue weighted by molar-refractivity contribution is -0.201. The van der Waals surface area contributed by atoms with Crippen molar-refractivity contribution in [1.29, 1.82) is 0 Å². The fourth-order valence-corrected chi connectivity index (χ4v) is 5.08. The van der Waals surface area contributed by atoms with Crippen molar-refractivity contribution in [2.45, 2.75) is 65.8 Å². The highest BCUT2D eigenvalue weighted by Crippen LogP contribution is 2.58. The predicted octanol–water partition coefficient (Wildman–Crippen LogP) is 2.40. The van der Waals surface area contributed by atoms with Gasteiger partial charge in [0, 0.05) is 32.1 Å². The number of fused-ring (bicyclic) bond motifs is 3.